The van der Waals surface area contributed by atoms with Gasteiger partial charge in [0.05, 0.1) is 0 Å². The van der Waals surface area contributed by atoms with Gasteiger partial charge in [0.1, 0.15) is 0 Å². The minimum atomic E-state index is -0.852. The number of hydrazine groups is 1. The molecule has 0 aliphatic rings. The van der Waals surface area contributed by atoms with Crippen LogP contribution in [0.15, 0.2) is 28.7 Å². The second-order valence-corrected chi connectivity index (χ2v) is 5.20. The summed E-state index contributed by atoms with van der Waals surface area (Å²) in [6.07, 6.45) is 0.480. The van der Waals surface area contributed by atoms with Crippen molar-refractivity contribution in [3.05, 3.63) is 34.3 Å². The van der Waals surface area contributed by atoms with E-state index in [-0.39, 0.29) is 12.3 Å². The molecule has 0 unspecified atom stereocenters. The standard InChI is InChI=1S/C13H17BrN2O3/c1-15(2)16(9-3-4-12(17)18)13(19)10-5-7-11(14)8-6-10/h5-8H,3-4,9H2,1-2H3,(H,17,18). The Morgan fingerprint density at radius 2 is 1.79 bits per heavy atom. The number of rotatable bonds is 6. The first kappa shape index (κ1) is 15.7. The Hall–Kier alpha value is -1.40. The SMILES string of the molecule is CN(C)N(CCCC(=O)O)C(=O)c1ccc(Br)cc1. The molecule has 0 heterocycles. The molecule has 1 amide bonds. The van der Waals surface area contributed by atoms with E-state index in [1.54, 1.807) is 43.4 Å². The number of carbonyl (C=O) groups excluding carboxylic acids is 1. The first-order chi connectivity index (χ1) is 8.91. The summed E-state index contributed by atoms with van der Waals surface area (Å²) in [7, 11) is 3.52. The minimum Gasteiger partial charge on any atom is -0.481 e. The van der Waals surface area contributed by atoms with Gasteiger partial charge < -0.3 is 5.11 Å². The highest BCUT2D eigenvalue weighted by Crippen LogP contribution is 2.13. The lowest BCUT2D eigenvalue weighted by Gasteiger charge is -2.28. The van der Waals surface area contributed by atoms with Crippen LogP contribution in [0.4, 0.5) is 0 Å². The average Bonchev–Trinajstić information content (AvgIpc) is 2.34. The van der Waals surface area contributed by atoms with Gasteiger partial charge in [-0.2, -0.15) is 0 Å². The molecule has 0 radical (unpaired) electrons. The topological polar surface area (TPSA) is 60.9 Å². The fourth-order valence-corrected chi connectivity index (χ4v) is 1.87. The molecule has 1 N–H and O–H groups in total. The Kier molecular flexibility index (Phi) is 5.98. The van der Waals surface area contributed by atoms with Crippen molar-refractivity contribution in [3.63, 3.8) is 0 Å². The number of carbonyl (C=O) groups is 2. The number of carboxylic acid groups (broad SMARTS) is 1. The van der Waals surface area contributed by atoms with Crippen molar-refractivity contribution in [3.8, 4) is 0 Å². The van der Waals surface area contributed by atoms with Crippen molar-refractivity contribution in [2.45, 2.75) is 12.8 Å². The lowest BCUT2D eigenvalue weighted by atomic mass is 10.2. The molecular formula is C13H17BrN2O3. The van der Waals surface area contributed by atoms with Crippen LogP contribution in [0.2, 0.25) is 0 Å². The smallest absolute Gasteiger partial charge is 0.303 e. The van der Waals surface area contributed by atoms with Crippen LogP contribution >= 0.6 is 15.9 Å². The summed E-state index contributed by atoms with van der Waals surface area (Å²) in [4.78, 5) is 22.8. The van der Waals surface area contributed by atoms with Gasteiger partial charge in [-0.25, -0.2) is 5.01 Å². The largest absolute Gasteiger partial charge is 0.481 e. The number of halogens is 1. The zero-order chi connectivity index (χ0) is 14.4. The van der Waals surface area contributed by atoms with Crippen molar-refractivity contribution >= 4 is 27.8 Å². The molecule has 1 aromatic rings. The van der Waals surface area contributed by atoms with Crippen LogP contribution in [0.1, 0.15) is 23.2 Å². The molecule has 0 aliphatic carbocycles. The fraction of sp³-hybridized carbons (Fsp3) is 0.385. The van der Waals surface area contributed by atoms with Gasteiger partial charge in [-0.15, -0.1) is 0 Å². The third kappa shape index (κ3) is 5.00. The van der Waals surface area contributed by atoms with E-state index in [0.717, 1.165) is 4.47 Å². The quantitative estimate of drug-likeness (QED) is 0.813. The average molecular weight is 329 g/mol. The van der Waals surface area contributed by atoms with Gasteiger partial charge in [-0.3, -0.25) is 14.6 Å². The number of hydrogen-bond donors (Lipinski definition) is 1. The predicted octanol–water partition coefficient (Wildman–Crippen LogP) is 2.23. The van der Waals surface area contributed by atoms with E-state index in [9.17, 15) is 9.59 Å². The lowest BCUT2D eigenvalue weighted by molar-refractivity contribution is -0.137. The molecule has 0 fully saturated rings. The molecule has 0 bridgehead atoms. The summed E-state index contributed by atoms with van der Waals surface area (Å²) in [6.45, 7) is 0.383. The predicted molar refractivity (Wildman–Crippen MR) is 75.7 cm³/mol. The van der Waals surface area contributed by atoms with E-state index >= 15 is 0 Å². The summed E-state index contributed by atoms with van der Waals surface area (Å²) in [5, 5.41) is 11.8. The molecule has 0 atom stereocenters. The van der Waals surface area contributed by atoms with Crippen LogP contribution in [0.3, 0.4) is 0 Å². The van der Waals surface area contributed by atoms with Crippen LogP contribution in [0.25, 0.3) is 0 Å². The number of nitrogens with zero attached hydrogens (tertiary/aromatic N) is 2. The summed E-state index contributed by atoms with van der Waals surface area (Å²) < 4.78 is 0.909. The Morgan fingerprint density at radius 1 is 1.21 bits per heavy atom. The number of carboxylic acids is 1. The molecule has 0 aliphatic heterocycles. The maximum atomic E-state index is 12.3. The maximum absolute atomic E-state index is 12.3. The maximum Gasteiger partial charge on any atom is 0.303 e. The van der Waals surface area contributed by atoms with Crippen molar-refractivity contribution in [2.24, 2.45) is 0 Å². The van der Waals surface area contributed by atoms with Gasteiger partial charge in [0.15, 0.2) is 0 Å². The number of aliphatic carboxylic acids is 1. The monoisotopic (exact) mass is 328 g/mol. The summed E-state index contributed by atoms with van der Waals surface area (Å²) in [6, 6.07) is 7.08. The van der Waals surface area contributed by atoms with Crippen LogP contribution < -0.4 is 0 Å². The molecule has 5 nitrogen and oxygen atoms in total. The van der Waals surface area contributed by atoms with Crippen molar-refractivity contribution in [1.29, 1.82) is 0 Å². The van der Waals surface area contributed by atoms with Crippen molar-refractivity contribution in [2.75, 3.05) is 20.6 Å². The molecular weight excluding hydrogens is 312 g/mol. The van der Waals surface area contributed by atoms with Gasteiger partial charge in [0, 0.05) is 37.1 Å². The van der Waals surface area contributed by atoms with Gasteiger partial charge in [-0.05, 0) is 30.7 Å². The van der Waals surface area contributed by atoms with Gasteiger partial charge in [-0.1, -0.05) is 15.9 Å². The number of benzene rings is 1. The highest BCUT2D eigenvalue weighted by atomic mass is 79.9. The molecule has 1 aromatic carbocycles. The van der Waals surface area contributed by atoms with Crippen LogP contribution in [0.5, 0.6) is 0 Å². The first-order valence-corrected chi connectivity index (χ1v) is 6.67. The molecule has 19 heavy (non-hydrogen) atoms. The van der Waals surface area contributed by atoms with E-state index in [1.165, 1.54) is 5.01 Å². The van der Waals surface area contributed by atoms with Gasteiger partial charge in [0.25, 0.3) is 5.91 Å². The number of hydrogen-bond acceptors (Lipinski definition) is 3. The van der Waals surface area contributed by atoms with Crippen molar-refractivity contribution in [1.82, 2.24) is 10.0 Å². The van der Waals surface area contributed by atoms with E-state index in [2.05, 4.69) is 15.9 Å². The molecule has 0 saturated carbocycles. The molecule has 0 saturated heterocycles. The zero-order valence-electron chi connectivity index (χ0n) is 11.0. The third-order valence-electron chi connectivity index (χ3n) is 2.57. The van der Waals surface area contributed by atoms with Crippen LogP contribution in [-0.2, 0) is 4.79 Å². The van der Waals surface area contributed by atoms with E-state index in [1.807, 2.05) is 0 Å². The molecule has 104 valence electrons. The Balaban J connectivity index is 2.72. The second kappa shape index (κ2) is 7.25. The zero-order valence-corrected chi connectivity index (χ0v) is 12.6. The molecule has 0 aromatic heterocycles. The second-order valence-electron chi connectivity index (χ2n) is 4.28. The highest BCUT2D eigenvalue weighted by Gasteiger charge is 2.17. The van der Waals surface area contributed by atoms with E-state index in [4.69, 9.17) is 5.11 Å². The summed E-state index contributed by atoms with van der Waals surface area (Å²) in [5.41, 5.74) is 0.576. The Morgan fingerprint density at radius 3 is 2.26 bits per heavy atom. The molecule has 1 rings (SSSR count). The first-order valence-electron chi connectivity index (χ1n) is 5.88. The van der Waals surface area contributed by atoms with Gasteiger partial charge >= 0.3 is 5.97 Å². The Labute approximate surface area is 120 Å². The lowest BCUT2D eigenvalue weighted by Crippen LogP contribution is -2.42. The van der Waals surface area contributed by atoms with E-state index in [0.29, 0.717) is 18.5 Å². The Bertz CT molecular complexity index is 446. The molecule has 6 heteroatoms. The summed E-state index contributed by atoms with van der Waals surface area (Å²) in [5.74, 6) is -0.988. The van der Waals surface area contributed by atoms with Crippen LogP contribution in [0, 0.1) is 0 Å². The van der Waals surface area contributed by atoms with Crippen LogP contribution in [-0.4, -0.2) is 47.6 Å². The van der Waals surface area contributed by atoms with Gasteiger partial charge in [0.2, 0.25) is 0 Å². The number of amides is 1. The third-order valence-corrected chi connectivity index (χ3v) is 3.10. The minimum absolute atomic E-state index is 0.0535. The molecule has 0 spiro atoms. The normalized spacial score (nSPS) is 10.5. The van der Waals surface area contributed by atoms with Crippen molar-refractivity contribution < 1.29 is 14.7 Å². The van der Waals surface area contributed by atoms with E-state index < -0.39 is 5.97 Å². The highest BCUT2D eigenvalue weighted by molar-refractivity contribution is 9.10. The summed E-state index contributed by atoms with van der Waals surface area (Å²) >= 11 is 3.32. The fourth-order valence-electron chi connectivity index (χ4n) is 1.60.